The van der Waals surface area contributed by atoms with Gasteiger partial charge in [-0.3, -0.25) is 9.78 Å². The van der Waals surface area contributed by atoms with E-state index in [-0.39, 0.29) is 12.5 Å². The molecular weight excluding hydrogens is 380 g/mol. The van der Waals surface area contributed by atoms with Crippen molar-refractivity contribution in [2.75, 3.05) is 10.6 Å². The quantitative estimate of drug-likeness (QED) is 0.411. The van der Waals surface area contributed by atoms with Crippen LogP contribution in [0.25, 0.3) is 10.9 Å². The second-order valence-electron chi connectivity index (χ2n) is 7.04. The number of hydrogen-bond donors (Lipinski definition) is 4. The number of amides is 2. The van der Waals surface area contributed by atoms with Gasteiger partial charge in [-0.15, -0.1) is 0 Å². The van der Waals surface area contributed by atoms with Crippen molar-refractivity contribution in [2.45, 2.75) is 39.3 Å². The number of carboxylic acid groups (broad SMARTS) is 1. The number of fused-ring (bicyclic) bond motifs is 1. The van der Waals surface area contributed by atoms with Crippen molar-refractivity contribution >= 4 is 34.3 Å². The van der Waals surface area contributed by atoms with Crippen LogP contribution in [0, 0.1) is 0 Å². The van der Waals surface area contributed by atoms with E-state index in [1.54, 1.807) is 6.20 Å². The van der Waals surface area contributed by atoms with Crippen LogP contribution in [-0.2, 0) is 17.9 Å². The van der Waals surface area contributed by atoms with E-state index in [1.165, 1.54) is 0 Å². The van der Waals surface area contributed by atoms with Gasteiger partial charge in [-0.25, -0.2) is 4.79 Å². The Kier molecular flexibility index (Phi) is 7.21. The Bertz CT molecular complexity index is 1020. The Labute approximate surface area is 175 Å². The Hall–Kier alpha value is -3.61. The summed E-state index contributed by atoms with van der Waals surface area (Å²) in [6, 6.07) is 15.5. The van der Waals surface area contributed by atoms with Gasteiger partial charge in [-0.05, 0) is 23.6 Å². The highest BCUT2D eigenvalue weighted by Gasteiger charge is 2.11. The van der Waals surface area contributed by atoms with Crippen LogP contribution in [0.3, 0.4) is 0 Å². The number of benzene rings is 2. The molecule has 0 atom stereocenters. The molecule has 0 radical (unpaired) electrons. The molecule has 1 heterocycles. The molecule has 0 saturated carbocycles. The summed E-state index contributed by atoms with van der Waals surface area (Å²) in [5, 5.41) is 18.4. The van der Waals surface area contributed by atoms with Gasteiger partial charge in [0.25, 0.3) is 0 Å². The van der Waals surface area contributed by atoms with Crippen molar-refractivity contribution in [2.24, 2.45) is 0 Å². The van der Waals surface area contributed by atoms with Crippen molar-refractivity contribution < 1.29 is 14.7 Å². The maximum absolute atomic E-state index is 12.3. The van der Waals surface area contributed by atoms with Crippen molar-refractivity contribution in [3.05, 3.63) is 65.9 Å². The fourth-order valence-electron chi connectivity index (χ4n) is 3.12. The zero-order valence-corrected chi connectivity index (χ0v) is 16.9. The molecule has 0 bridgehead atoms. The highest BCUT2D eigenvalue weighted by atomic mass is 16.4. The Morgan fingerprint density at radius 2 is 1.70 bits per heavy atom. The number of pyridine rings is 1. The average Bonchev–Trinajstić information content (AvgIpc) is 2.76. The second kappa shape index (κ2) is 10.2. The van der Waals surface area contributed by atoms with E-state index in [2.05, 4.69) is 27.9 Å². The standard InChI is InChI=1S/C23H26N4O3/c1-2-3-8-21(28)27-20-15-24-19-7-5-4-6-18(19)22(20)25-13-16-9-11-17(12-10-16)14-26-23(29)30/h4-7,9-12,15,26H,2-3,8,13-14H2,1H3,(H,24,25)(H,27,28)(H,29,30). The molecular formula is C23H26N4O3. The zero-order chi connectivity index (χ0) is 21.3. The summed E-state index contributed by atoms with van der Waals surface area (Å²) in [4.78, 5) is 27.3. The molecule has 1 aromatic heterocycles. The zero-order valence-electron chi connectivity index (χ0n) is 16.9. The van der Waals surface area contributed by atoms with Gasteiger partial charge in [-0.1, -0.05) is 55.8 Å². The van der Waals surface area contributed by atoms with Crippen LogP contribution >= 0.6 is 0 Å². The lowest BCUT2D eigenvalue weighted by Crippen LogP contribution is -2.19. The van der Waals surface area contributed by atoms with Crippen LogP contribution in [0.15, 0.2) is 54.7 Å². The number of para-hydroxylation sites is 1. The normalized spacial score (nSPS) is 10.6. The molecule has 156 valence electrons. The minimum absolute atomic E-state index is 0.0211. The number of carbonyl (C=O) groups excluding carboxylic acids is 1. The first kappa shape index (κ1) is 21.1. The lowest BCUT2D eigenvalue weighted by atomic mass is 10.1. The van der Waals surface area contributed by atoms with Gasteiger partial charge in [0, 0.05) is 24.9 Å². The molecule has 0 spiro atoms. The number of anilines is 2. The molecule has 0 aliphatic rings. The van der Waals surface area contributed by atoms with Gasteiger partial charge in [0.15, 0.2) is 0 Å². The van der Waals surface area contributed by atoms with E-state index in [0.717, 1.165) is 40.6 Å². The Morgan fingerprint density at radius 1 is 1.00 bits per heavy atom. The maximum atomic E-state index is 12.3. The van der Waals surface area contributed by atoms with Gasteiger partial charge in [0.1, 0.15) is 0 Å². The molecule has 0 unspecified atom stereocenters. The van der Waals surface area contributed by atoms with Crippen LogP contribution in [0.1, 0.15) is 37.3 Å². The number of nitrogens with one attached hydrogen (secondary N) is 3. The molecule has 0 aliphatic carbocycles. The van der Waals surface area contributed by atoms with Crippen LogP contribution in [0.2, 0.25) is 0 Å². The first-order valence-corrected chi connectivity index (χ1v) is 10.0. The molecule has 0 fully saturated rings. The fraction of sp³-hybridized carbons (Fsp3) is 0.261. The number of unbranched alkanes of at least 4 members (excludes halogenated alkanes) is 1. The van der Waals surface area contributed by atoms with E-state index < -0.39 is 6.09 Å². The van der Waals surface area contributed by atoms with E-state index in [9.17, 15) is 9.59 Å². The van der Waals surface area contributed by atoms with Crippen molar-refractivity contribution in [3.63, 3.8) is 0 Å². The monoisotopic (exact) mass is 406 g/mol. The fourth-order valence-corrected chi connectivity index (χ4v) is 3.12. The lowest BCUT2D eigenvalue weighted by Gasteiger charge is -2.16. The van der Waals surface area contributed by atoms with Crippen LogP contribution in [0.5, 0.6) is 0 Å². The highest BCUT2D eigenvalue weighted by Crippen LogP contribution is 2.30. The number of nitrogens with zero attached hydrogens (tertiary/aromatic N) is 1. The summed E-state index contributed by atoms with van der Waals surface area (Å²) in [7, 11) is 0. The number of rotatable bonds is 9. The van der Waals surface area contributed by atoms with Gasteiger partial charge in [0.2, 0.25) is 5.91 Å². The lowest BCUT2D eigenvalue weighted by molar-refractivity contribution is -0.116. The SMILES string of the molecule is CCCCC(=O)Nc1cnc2ccccc2c1NCc1ccc(CNC(=O)O)cc1. The van der Waals surface area contributed by atoms with Crippen molar-refractivity contribution in [3.8, 4) is 0 Å². The van der Waals surface area contributed by atoms with E-state index in [1.807, 2.05) is 48.5 Å². The first-order valence-electron chi connectivity index (χ1n) is 10.0. The molecule has 7 heteroatoms. The molecule has 7 nitrogen and oxygen atoms in total. The van der Waals surface area contributed by atoms with Crippen molar-refractivity contribution in [1.29, 1.82) is 0 Å². The third kappa shape index (κ3) is 5.70. The third-order valence-corrected chi connectivity index (χ3v) is 4.74. The van der Waals surface area contributed by atoms with Crippen LogP contribution in [0.4, 0.5) is 16.2 Å². The smallest absolute Gasteiger partial charge is 0.404 e. The summed E-state index contributed by atoms with van der Waals surface area (Å²) in [5.74, 6) is -0.0211. The topological polar surface area (TPSA) is 103 Å². The van der Waals surface area contributed by atoms with Gasteiger partial charge in [-0.2, -0.15) is 0 Å². The average molecular weight is 406 g/mol. The molecule has 0 aliphatic heterocycles. The van der Waals surface area contributed by atoms with Gasteiger partial charge >= 0.3 is 6.09 Å². The molecule has 2 amide bonds. The predicted molar refractivity (Wildman–Crippen MR) is 119 cm³/mol. The number of aromatic nitrogens is 1. The van der Waals surface area contributed by atoms with Crippen LogP contribution in [-0.4, -0.2) is 22.1 Å². The third-order valence-electron chi connectivity index (χ3n) is 4.74. The minimum Gasteiger partial charge on any atom is -0.465 e. The molecule has 3 rings (SSSR count). The summed E-state index contributed by atoms with van der Waals surface area (Å²) < 4.78 is 0. The Morgan fingerprint density at radius 3 is 2.40 bits per heavy atom. The first-order chi connectivity index (χ1) is 14.6. The largest absolute Gasteiger partial charge is 0.465 e. The maximum Gasteiger partial charge on any atom is 0.404 e. The summed E-state index contributed by atoms with van der Waals surface area (Å²) in [6.07, 6.45) is 2.94. The highest BCUT2D eigenvalue weighted by molar-refractivity contribution is 6.02. The van der Waals surface area contributed by atoms with Gasteiger partial charge < -0.3 is 21.1 Å². The van der Waals surface area contributed by atoms with Crippen LogP contribution < -0.4 is 16.0 Å². The van der Waals surface area contributed by atoms with Crippen molar-refractivity contribution in [1.82, 2.24) is 10.3 Å². The summed E-state index contributed by atoms with van der Waals surface area (Å²) in [6.45, 7) is 2.88. The Balaban J connectivity index is 1.77. The van der Waals surface area contributed by atoms with E-state index >= 15 is 0 Å². The molecule has 3 aromatic rings. The van der Waals surface area contributed by atoms with Gasteiger partial charge in [0.05, 0.1) is 23.1 Å². The number of carbonyl (C=O) groups is 2. The predicted octanol–water partition coefficient (Wildman–Crippen LogP) is 4.74. The number of hydrogen-bond acceptors (Lipinski definition) is 4. The van der Waals surface area contributed by atoms with E-state index in [4.69, 9.17) is 5.11 Å². The molecule has 30 heavy (non-hydrogen) atoms. The summed E-state index contributed by atoms with van der Waals surface area (Å²) >= 11 is 0. The second-order valence-corrected chi connectivity index (χ2v) is 7.04. The molecule has 4 N–H and O–H groups in total. The molecule has 0 saturated heterocycles. The summed E-state index contributed by atoms with van der Waals surface area (Å²) in [5.41, 5.74) is 4.28. The minimum atomic E-state index is -1.04. The molecule has 2 aromatic carbocycles. The van der Waals surface area contributed by atoms with E-state index in [0.29, 0.717) is 18.7 Å².